The molecule has 0 atom stereocenters. The second-order valence-corrected chi connectivity index (χ2v) is 9.35. The number of carbonyl (C=O) groups excluding carboxylic acids is 1. The third kappa shape index (κ3) is 7.10. The molecule has 5 nitrogen and oxygen atoms in total. The predicted molar refractivity (Wildman–Crippen MR) is 151 cm³/mol. The topological polar surface area (TPSA) is 56.1 Å². The SMILES string of the molecule is C=CCc1ccccc1OCCCn1c(CCCCCNC(=O)c2ccccc2C)nc2ccccc21. The van der Waals surface area contributed by atoms with Crippen molar-refractivity contribution in [2.24, 2.45) is 0 Å². The number of fused-ring (bicyclic) bond motifs is 1. The van der Waals surface area contributed by atoms with Gasteiger partial charge in [-0.05, 0) is 68.0 Å². The number of aryl methyl sites for hydroxylation is 3. The van der Waals surface area contributed by atoms with Gasteiger partial charge < -0.3 is 14.6 Å². The molecule has 192 valence electrons. The van der Waals surface area contributed by atoms with E-state index < -0.39 is 0 Å². The van der Waals surface area contributed by atoms with E-state index >= 15 is 0 Å². The van der Waals surface area contributed by atoms with Crippen molar-refractivity contribution in [1.82, 2.24) is 14.9 Å². The number of nitrogens with zero attached hydrogens (tertiary/aromatic N) is 2. The van der Waals surface area contributed by atoms with Crippen LogP contribution in [-0.4, -0.2) is 28.6 Å². The van der Waals surface area contributed by atoms with Crippen molar-refractivity contribution in [2.45, 2.75) is 52.0 Å². The third-order valence-electron chi connectivity index (χ3n) is 6.61. The van der Waals surface area contributed by atoms with Gasteiger partial charge in [-0.2, -0.15) is 0 Å². The Morgan fingerprint density at radius 2 is 1.76 bits per heavy atom. The number of para-hydroxylation sites is 3. The normalized spacial score (nSPS) is 10.9. The zero-order chi connectivity index (χ0) is 25.9. The molecule has 4 rings (SSSR count). The van der Waals surface area contributed by atoms with Crippen molar-refractivity contribution >= 4 is 16.9 Å². The van der Waals surface area contributed by atoms with Crippen molar-refractivity contribution in [2.75, 3.05) is 13.2 Å². The first-order chi connectivity index (χ1) is 18.2. The number of hydrogen-bond donors (Lipinski definition) is 1. The number of amides is 1. The summed E-state index contributed by atoms with van der Waals surface area (Å²) >= 11 is 0. The maximum absolute atomic E-state index is 12.4. The smallest absolute Gasteiger partial charge is 0.251 e. The minimum Gasteiger partial charge on any atom is -0.493 e. The Bertz CT molecular complexity index is 1320. The van der Waals surface area contributed by atoms with Crippen molar-refractivity contribution in [1.29, 1.82) is 0 Å². The van der Waals surface area contributed by atoms with E-state index in [9.17, 15) is 4.79 Å². The highest BCUT2D eigenvalue weighted by Gasteiger charge is 2.11. The van der Waals surface area contributed by atoms with Gasteiger partial charge in [0.1, 0.15) is 11.6 Å². The molecule has 0 saturated carbocycles. The highest BCUT2D eigenvalue weighted by atomic mass is 16.5. The summed E-state index contributed by atoms with van der Waals surface area (Å²) in [6, 6.07) is 24.2. The average molecular weight is 496 g/mol. The van der Waals surface area contributed by atoms with Gasteiger partial charge in [0.15, 0.2) is 0 Å². The van der Waals surface area contributed by atoms with Gasteiger partial charge in [0, 0.05) is 25.1 Å². The van der Waals surface area contributed by atoms with Gasteiger partial charge in [-0.1, -0.05) is 61.0 Å². The van der Waals surface area contributed by atoms with E-state index in [1.165, 1.54) is 11.1 Å². The van der Waals surface area contributed by atoms with Crippen LogP contribution in [0.1, 0.15) is 53.0 Å². The molecule has 1 aromatic heterocycles. The monoisotopic (exact) mass is 495 g/mol. The third-order valence-corrected chi connectivity index (χ3v) is 6.61. The summed E-state index contributed by atoms with van der Waals surface area (Å²) in [5, 5.41) is 3.05. The van der Waals surface area contributed by atoms with Crippen LogP contribution in [0.25, 0.3) is 11.0 Å². The van der Waals surface area contributed by atoms with Crippen LogP contribution in [0.2, 0.25) is 0 Å². The molecular formula is C32H37N3O2. The Morgan fingerprint density at radius 3 is 2.62 bits per heavy atom. The molecule has 3 aromatic carbocycles. The molecule has 1 N–H and O–H groups in total. The predicted octanol–water partition coefficient (Wildman–Crippen LogP) is 6.69. The highest BCUT2D eigenvalue weighted by Crippen LogP contribution is 2.21. The number of hydrogen-bond acceptors (Lipinski definition) is 3. The fourth-order valence-electron chi connectivity index (χ4n) is 4.65. The second-order valence-electron chi connectivity index (χ2n) is 9.35. The van der Waals surface area contributed by atoms with Gasteiger partial charge in [-0.15, -0.1) is 6.58 Å². The van der Waals surface area contributed by atoms with Gasteiger partial charge >= 0.3 is 0 Å². The lowest BCUT2D eigenvalue weighted by molar-refractivity contribution is 0.0952. The molecule has 4 aromatic rings. The first-order valence-electron chi connectivity index (χ1n) is 13.3. The molecule has 0 radical (unpaired) electrons. The zero-order valence-electron chi connectivity index (χ0n) is 21.8. The van der Waals surface area contributed by atoms with Gasteiger partial charge in [0.05, 0.1) is 17.6 Å². The summed E-state index contributed by atoms with van der Waals surface area (Å²) in [7, 11) is 0. The van der Waals surface area contributed by atoms with Crippen molar-refractivity contribution in [3.63, 3.8) is 0 Å². The van der Waals surface area contributed by atoms with E-state index in [-0.39, 0.29) is 5.91 Å². The quantitative estimate of drug-likeness (QED) is 0.157. The van der Waals surface area contributed by atoms with Crippen molar-refractivity contribution in [3.8, 4) is 5.75 Å². The summed E-state index contributed by atoms with van der Waals surface area (Å²) in [5.74, 6) is 2.07. The Kier molecular flexibility index (Phi) is 9.53. The van der Waals surface area contributed by atoms with Gasteiger partial charge in [-0.3, -0.25) is 4.79 Å². The lowest BCUT2D eigenvalue weighted by Gasteiger charge is -2.12. The summed E-state index contributed by atoms with van der Waals surface area (Å²) in [6.45, 7) is 8.02. The van der Waals surface area contributed by atoms with E-state index in [0.29, 0.717) is 13.2 Å². The Labute approximate surface area is 220 Å². The van der Waals surface area contributed by atoms with Gasteiger partial charge in [0.25, 0.3) is 5.91 Å². The molecular weight excluding hydrogens is 458 g/mol. The first-order valence-corrected chi connectivity index (χ1v) is 13.3. The van der Waals surface area contributed by atoms with Crippen LogP contribution in [0.4, 0.5) is 0 Å². The zero-order valence-corrected chi connectivity index (χ0v) is 21.8. The molecule has 0 saturated heterocycles. The lowest BCUT2D eigenvalue weighted by atomic mass is 10.1. The van der Waals surface area contributed by atoms with Gasteiger partial charge in [-0.25, -0.2) is 4.98 Å². The van der Waals surface area contributed by atoms with E-state index in [1.807, 2.05) is 61.5 Å². The number of ether oxygens (including phenoxy) is 1. The largest absolute Gasteiger partial charge is 0.493 e. The highest BCUT2D eigenvalue weighted by molar-refractivity contribution is 5.95. The number of rotatable bonds is 14. The summed E-state index contributed by atoms with van der Waals surface area (Å²) in [4.78, 5) is 17.3. The molecule has 0 unspecified atom stereocenters. The molecule has 0 aliphatic rings. The molecule has 0 aliphatic carbocycles. The van der Waals surface area contributed by atoms with Crippen molar-refractivity contribution < 1.29 is 9.53 Å². The van der Waals surface area contributed by atoms with Crippen LogP contribution in [-0.2, 0) is 19.4 Å². The maximum Gasteiger partial charge on any atom is 0.251 e. The van der Waals surface area contributed by atoms with E-state index in [1.54, 1.807) is 0 Å². The molecule has 37 heavy (non-hydrogen) atoms. The number of allylic oxidation sites excluding steroid dienone is 1. The number of imidazole rings is 1. The molecule has 5 heteroatoms. The average Bonchev–Trinajstić information content (AvgIpc) is 3.27. The molecule has 0 spiro atoms. The number of unbranched alkanes of at least 4 members (excludes halogenated alkanes) is 2. The fourth-order valence-corrected chi connectivity index (χ4v) is 4.65. The maximum atomic E-state index is 12.4. The van der Waals surface area contributed by atoms with E-state index in [0.717, 1.165) is 73.3 Å². The summed E-state index contributed by atoms with van der Waals surface area (Å²) < 4.78 is 8.45. The summed E-state index contributed by atoms with van der Waals surface area (Å²) in [6.07, 6.45) is 7.57. The fraction of sp³-hybridized carbons (Fsp3) is 0.312. The van der Waals surface area contributed by atoms with Crippen LogP contribution in [0, 0.1) is 6.92 Å². The van der Waals surface area contributed by atoms with Crippen molar-refractivity contribution in [3.05, 3.63) is 108 Å². The van der Waals surface area contributed by atoms with Crippen LogP contribution < -0.4 is 10.1 Å². The molecule has 1 heterocycles. The minimum absolute atomic E-state index is 0.00854. The standard InChI is InChI=1S/C32H37N3O2/c1-3-14-26-16-7-11-20-30(26)37-24-13-23-35-29-19-10-9-18-28(29)34-31(35)21-5-4-12-22-33-32(36)27-17-8-6-15-25(27)2/h3,6-11,15-20H,1,4-5,12-14,21-24H2,2H3,(H,33,36). The lowest BCUT2D eigenvalue weighted by Crippen LogP contribution is -2.25. The molecule has 0 aliphatic heterocycles. The molecule has 1 amide bonds. The number of nitrogens with one attached hydrogen (secondary N) is 1. The molecule has 0 bridgehead atoms. The van der Waals surface area contributed by atoms with Crippen LogP contribution in [0.3, 0.4) is 0 Å². The number of aromatic nitrogens is 2. The van der Waals surface area contributed by atoms with Crippen LogP contribution in [0.15, 0.2) is 85.5 Å². The Morgan fingerprint density at radius 1 is 0.973 bits per heavy atom. The number of carbonyl (C=O) groups is 1. The summed E-state index contributed by atoms with van der Waals surface area (Å²) in [5.41, 5.74) is 5.14. The Hall–Kier alpha value is -3.86. The second kappa shape index (κ2) is 13.4. The number of benzene rings is 3. The van der Waals surface area contributed by atoms with E-state index in [4.69, 9.17) is 9.72 Å². The Balaban J connectivity index is 1.26. The minimum atomic E-state index is 0.00854. The van der Waals surface area contributed by atoms with Crippen LogP contribution >= 0.6 is 0 Å². The first kappa shape index (κ1) is 26.2. The molecule has 0 fully saturated rings. The van der Waals surface area contributed by atoms with Crippen LogP contribution in [0.5, 0.6) is 5.75 Å². The van der Waals surface area contributed by atoms with E-state index in [2.05, 4.69) is 40.7 Å². The van der Waals surface area contributed by atoms with Gasteiger partial charge in [0.2, 0.25) is 0 Å².